The number of nitrogens with zero attached hydrogens (tertiary/aromatic N) is 3. The van der Waals surface area contributed by atoms with Crippen LogP contribution >= 0.6 is 11.8 Å². The third-order valence-corrected chi connectivity index (χ3v) is 5.46. The van der Waals surface area contributed by atoms with Crippen LogP contribution in [0, 0.1) is 5.41 Å². The molecular formula is C24H37N5S. The first-order valence-corrected chi connectivity index (χ1v) is 12.1. The van der Waals surface area contributed by atoms with Crippen LogP contribution in [0.5, 0.6) is 0 Å². The zero-order valence-electron chi connectivity index (χ0n) is 19.1. The fraction of sp³-hybridized carbons (Fsp3) is 0.458. The van der Waals surface area contributed by atoms with Gasteiger partial charge in [0, 0.05) is 34.8 Å². The van der Waals surface area contributed by atoms with Crippen molar-refractivity contribution >= 4 is 23.3 Å². The van der Waals surface area contributed by atoms with Gasteiger partial charge in [-0.25, -0.2) is 0 Å². The first-order valence-electron chi connectivity index (χ1n) is 10.9. The normalized spacial score (nSPS) is 10.6. The molecule has 0 spiro atoms. The molecule has 0 aliphatic rings. The van der Waals surface area contributed by atoms with Gasteiger partial charge in [0.2, 0.25) is 0 Å². The maximum atomic E-state index is 8.22. The molecule has 0 atom stereocenters. The van der Waals surface area contributed by atoms with Gasteiger partial charge in [-0.1, -0.05) is 76.1 Å². The van der Waals surface area contributed by atoms with Gasteiger partial charge in [-0.15, -0.1) is 16.9 Å². The van der Waals surface area contributed by atoms with Crippen molar-refractivity contribution in [1.29, 1.82) is 5.41 Å². The number of amidine groups is 1. The summed E-state index contributed by atoms with van der Waals surface area (Å²) in [5.74, 6) is 5.28. The molecule has 0 saturated heterocycles. The molecule has 0 bridgehead atoms. The number of rotatable bonds is 10. The molecule has 2 aromatic carbocycles. The predicted octanol–water partition coefficient (Wildman–Crippen LogP) is 7.16. The Morgan fingerprint density at radius 1 is 1.03 bits per heavy atom. The Labute approximate surface area is 186 Å². The Morgan fingerprint density at radius 3 is 2.13 bits per heavy atom. The highest BCUT2D eigenvalue weighted by Crippen LogP contribution is 2.40. The summed E-state index contributed by atoms with van der Waals surface area (Å²) in [5.41, 5.74) is 4.32. The molecule has 0 amide bonds. The summed E-state index contributed by atoms with van der Waals surface area (Å²) >= 11 is 1.69. The average molecular weight is 428 g/mol. The van der Waals surface area contributed by atoms with Crippen molar-refractivity contribution < 1.29 is 0 Å². The number of nitrogens with two attached hydrogens (primary N) is 1. The number of hydrogen-bond donors (Lipinski definition) is 2. The maximum absolute atomic E-state index is 8.22. The molecule has 164 valence electrons. The molecule has 2 rings (SSSR count). The Morgan fingerprint density at radius 2 is 1.63 bits per heavy atom. The molecule has 0 aliphatic heterocycles. The number of nitrogens with one attached hydrogen (secondary N) is 1. The summed E-state index contributed by atoms with van der Waals surface area (Å²) in [6.45, 7) is 10.4. The molecule has 0 aliphatic carbocycles. The van der Waals surface area contributed by atoms with Crippen LogP contribution in [0.4, 0.5) is 5.69 Å². The zero-order chi connectivity index (χ0) is 22.4. The molecule has 0 fully saturated rings. The van der Waals surface area contributed by atoms with Crippen molar-refractivity contribution in [1.82, 2.24) is 0 Å². The summed E-state index contributed by atoms with van der Waals surface area (Å²) in [6, 6.07) is 14.6. The highest BCUT2D eigenvalue weighted by Gasteiger charge is 2.19. The zero-order valence-corrected chi connectivity index (χ0v) is 19.9. The van der Waals surface area contributed by atoms with E-state index in [-0.39, 0.29) is 5.84 Å². The van der Waals surface area contributed by atoms with Gasteiger partial charge in [0.05, 0.1) is 0 Å². The molecule has 30 heavy (non-hydrogen) atoms. The van der Waals surface area contributed by atoms with Crippen LogP contribution in [0.3, 0.4) is 0 Å². The van der Waals surface area contributed by atoms with Gasteiger partial charge < -0.3 is 10.7 Å². The Balaban J connectivity index is 0.00000218. The van der Waals surface area contributed by atoms with Gasteiger partial charge >= 0.3 is 0 Å². The highest BCUT2D eigenvalue weighted by molar-refractivity contribution is 7.98. The summed E-state index contributed by atoms with van der Waals surface area (Å²) in [7, 11) is 0. The topological polar surface area (TPSA) is 77.8 Å². The van der Waals surface area contributed by atoms with E-state index in [1.807, 2.05) is 26.0 Å². The quantitative estimate of drug-likeness (QED) is 0.105. The van der Waals surface area contributed by atoms with E-state index >= 15 is 0 Å². The summed E-state index contributed by atoms with van der Waals surface area (Å²) in [4.78, 5) is 3.60. The van der Waals surface area contributed by atoms with E-state index in [1.54, 1.807) is 11.8 Å². The second-order valence-corrected chi connectivity index (χ2v) is 7.54. The van der Waals surface area contributed by atoms with E-state index in [9.17, 15) is 0 Å². The van der Waals surface area contributed by atoms with Crippen LogP contribution in [0.2, 0.25) is 0 Å². The lowest BCUT2D eigenvalue weighted by Gasteiger charge is -2.29. The number of thioether (sulfide) groups is 1. The number of anilines is 1. The molecule has 3 N–H and O–H groups in total. The Bertz CT molecular complexity index is 782. The van der Waals surface area contributed by atoms with Gasteiger partial charge in [0.15, 0.2) is 5.84 Å². The van der Waals surface area contributed by atoms with Gasteiger partial charge in [-0.05, 0) is 36.8 Å². The maximum Gasteiger partial charge on any atom is 0.176 e. The van der Waals surface area contributed by atoms with Crippen LogP contribution in [0.15, 0.2) is 57.7 Å². The molecule has 2 aromatic rings. The third-order valence-electron chi connectivity index (χ3n) is 4.70. The smallest absolute Gasteiger partial charge is 0.176 e. The van der Waals surface area contributed by atoms with Gasteiger partial charge in [0.1, 0.15) is 0 Å². The molecular weight excluding hydrogens is 390 g/mol. The van der Waals surface area contributed by atoms with Crippen molar-refractivity contribution in [2.24, 2.45) is 16.2 Å². The van der Waals surface area contributed by atoms with Crippen molar-refractivity contribution in [3.8, 4) is 11.1 Å². The molecule has 6 heteroatoms. The largest absolute Gasteiger partial charge is 0.371 e. The minimum Gasteiger partial charge on any atom is -0.371 e. The van der Waals surface area contributed by atoms with Crippen molar-refractivity contribution in [3.63, 3.8) is 0 Å². The van der Waals surface area contributed by atoms with Crippen LogP contribution in [0.1, 0.15) is 58.9 Å². The molecule has 0 unspecified atom stereocenters. The van der Waals surface area contributed by atoms with Crippen LogP contribution < -0.4 is 10.7 Å². The fourth-order valence-electron chi connectivity index (χ4n) is 3.21. The standard InChI is InChI=1S/C22H31N5S.C2H6/c1-4-6-13-27(14-7-5-2)19-15-18(22(23)25-26-24)16-20(28-3)21(19)17-11-9-8-10-12-17;1-2/h8-12,15-16H,4-7,13-14H2,1-3H3,(H3,23,24,25);1-2H3. The van der Waals surface area contributed by atoms with E-state index < -0.39 is 0 Å². The van der Waals surface area contributed by atoms with Gasteiger partial charge in [-0.2, -0.15) is 0 Å². The lowest BCUT2D eigenvalue weighted by atomic mass is 9.99. The monoisotopic (exact) mass is 427 g/mol. The number of benzene rings is 2. The molecule has 0 saturated carbocycles. The molecule has 0 heterocycles. The summed E-state index contributed by atoms with van der Waals surface area (Å²) < 4.78 is 0. The van der Waals surface area contributed by atoms with Crippen molar-refractivity contribution in [3.05, 3.63) is 48.0 Å². The summed E-state index contributed by atoms with van der Waals surface area (Å²) in [5, 5.41) is 15.3. The second-order valence-electron chi connectivity index (χ2n) is 6.70. The van der Waals surface area contributed by atoms with Gasteiger partial charge in [-0.3, -0.25) is 5.41 Å². The lowest BCUT2D eigenvalue weighted by Crippen LogP contribution is -2.26. The minimum atomic E-state index is 0.0876. The van der Waals surface area contributed by atoms with Crippen molar-refractivity contribution in [2.75, 3.05) is 24.2 Å². The molecule has 0 aromatic heterocycles. The summed E-state index contributed by atoms with van der Waals surface area (Å²) in [6.07, 6.45) is 6.64. The van der Waals surface area contributed by atoms with Crippen LogP contribution in [-0.2, 0) is 0 Å². The highest BCUT2D eigenvalue weighted by atomic mass is 32.2. The first-order chi connectivity index (χ1) is 14.7. The minimum absolute atomic E-state index is 0.0876. The van der Waals surface area contributed by atoms with E-state index in [0.717, 1.165) is 54.9 Å². The SMILES string of the molecule is CC.CCCCN(CCCC)c1cc(C(=N)N=NN)cc(SC)c1-c1ccccc1. The second kappa shape index (κ2) is 14.6. The Hall–Kier alpha value is -2.34. The predicted molar refractivity (Wildman–Crippen MR) is 133 cm³/mol. The van der Waals surface area contributed by atoms with E-state index in [1.165, 1.54) is 11.1 Å². The molecule has 0 radical (unpaired) electrons. The van der Waals surface area contributed by atoms with Crippen molar-refractivity contribution in [2.45, 2.75) is 58.3 Å². The number of unbranched alkanes of at least 4 members (excludes halogenated alkanes) is 2. The third kappa shape index (κ3) is 7.17. The van der Waals surface area contributed by atoms with Gasteiger partial charge in [0.25, 0.3) is 0 Å². The van der Waals surface area contributed by atoms with Crippen LogP contribution in [-0.4, -0.2) is 25.2 Å². The van der Waals surface area contributed by atoms with Crippen LogP contribution in [0.25, 0.3) is 11.1 Å². The van der Waals surface area contributed by atoms with E-state index in [0.29, 0.717) is 0 Å². The molecule has 5 nitrogen and oxygen atoms in total. The van der Waals surface area contributed by atoms with E-state index in [2.05, 4.69) is 65.7 Å². The lowest BCUT2D eigenvalue weighted by molar-refractivity contribution is 0.678. The Kier molecular flexibility index (Phi) is 12.5. The number of hydrogen-bond acceptors (Lipinski definition) is 4. The van der Waals surface area contributed by atoms with E-state index in [4.69, 9.17) is 11.3 Å². The average Bonchev–Trinajstić information content (AvgIpc) is 2.80. The first kappa shape index (κ1) is 25.7. The fourth-order valence-corrected chi connectivity index (χ4v) is 3.88.